The third-order valence-corrected chi connectivity index (χ3v) is 8.92. The molecule has 0 atom stereocenters. The number of fused-ring (bicyclic) bond motifs is 13. The van der Waals surface area contributed by atoms with Crippen molar-refractivity contribution in [3.63, 3.8) is 0 Å². The van der Waals surface area contributed by atoms with E-state index >= 15 is 0 Å². The van der Waals surface area contributed by atoms with E-state index in [2.05, 4.69) is 101 Å². The van der Waals surface area contributed by atoms with Gasteiger partial charge in [0.15, 0.2) is 0 Å². The fourth-order valence-electron chi connectivity index (χ4n) is 6.10. The molecule has 0 fully saturated rings. The summed E-state index contributed by atoms with van der Waals surface area (Å²) in [6.45, 7) is 0. The number of rotatable bonds is 1. The van der Waals surface area contributed by atoms with Crippen LogP contribution in [0.15, 0.2) is 110 Å². The second kappa shape index (κ2) is 7.34. The van der Waals surface area contributed by atoms with Gasteiger partial charge in [0.25, 0.3) is 0 Å². The molecule has 4 nitrogen and oxygen atoms in total. The van der Waals surface area contributed by atoms with Crippen LogP contribution in [0, 0.1) is 0 Å². The third-order valence-electron chi connectivity index (χ3n) is 7.72. The smallest absolute Gasteiger partial charge is 0.235 e. The number of pyridine rings is 1. The van der Waals surface area contributed by atoms with Gasteiger partial charge in [0.05, 0.1) is 16.6 Å². The first-order chi connectivity index (χ1) is 18.9. The molecule has 5 aromatic carbocycles. The van der Waals surface area contributed by atoms with Crippen molar-refractivity contribution in [1.29, 1.82) is 0 Å². The van der Waals surface area contributed by atoms with Crippen molar-refractivity contribution >= 4 is 85.8 Å². The van der Waals surface area contributed by atoms with Crippen LogP contribution in [-0.4, -0.2) is 19.5 Å². The molecule has 0 aliphatic carbocycles. The van der Waals surface area contributed by atoms with Crippen LogP contribution >= 0.6 is 11.3 Å². The number of hydrogen-bond acceptors (Lipinski definition) is 4. The minimum atomic E-state index is 0.679. The topological polar surface area (TPSA) is 43.6 Å². The zero-order valence-electron chi connectivity index (χ0n) is 20.1. The summed E-state index contributed by atoms with van der Waals surface area (Å²) in [6.07, 6.45) is 5.88. The molecule has 0 aliphatic rings. The minimum Gasteiger partial charge on any atom is -0.277 e. The fourth-order valence-corrected chi connectivity index (χ4v) is 7.35. The lowest BCUT2D eigenvalue weighted by molar-refractivity contribution is 1.01. The predicted octanol–water partition coefficient (Wildman–Crippen LogP) is 8.80. The zero-order valence-corrected chi connectivity index (χ0v) is 20.9. The van der Waals surface area contributed by atoms with Gasteiger partial charge in [0.1, 0.15) is 0 Å². The van der Waals surface area contributed by atoms with Gasteiger partial charge >= 0.3 is 0 Å². The van der Waals surface area contributed by atoms with Crippen LogP contribution in [-0.2, 0) is 0 Å². The first-order valence-corrected chi connectivity index (χ1v) is 13.4. The van der Waals surface area contributed by atoms with E-state index < -0.39 is 0 Å². The van der Waals surface area contributed by atoms with Crippen LogP contribution in [0.4, 0.5) is 0 Å². The highest BCUT2D eigenvalue weighted by molar-refractivity contribution is 7.27. The number of benzene rings is 5. The molecule has 0 N–H and O–H groups in total. The summed E-state index contributed by atoms with van der Waals surface area (Å²) in [5.74, 6) is 0.679. The summed E-state index contributed by atoms with van der Waals surface area (Å²) in [4.78, 5) is 14.7. The van der Waals surface area contributed by atoms with E-state index in [-0.39, 0.29) is 0 Å². The minimum absolute atomic E-state index is 0.679. The molecule has 176 valence electrons. The van der Waals surface area contributed by atoms with Crippen molar-refractivity contribution in [2.75, 3.05) is 0 Å². The first kappa shape index (κ1) is 20.2. The van der Waals surface area contributed by atoms with Crippen molar-refractivity contribution < 1.29 is 0 Å². The lowest BCUT2D eigenvalue weighted by Crippen LogP contribution is -2.01. The quantitative estimate of drug-likeness (QED) is 0.211. The Labute approximate surface area is 220 Å². The van der Waals surface area contributed by atoms with E-state index in [1.165, 1.54) is 47.1 Å². The van der Waals surface area contributed by atoms with Crippen LogP contribution in [0.1, 0.15) is 0 Å². The molecule has 5 heteroatoms. The average molecular weight is 503 g/mol. The molecule has 4 heterocycles. The Hall–Kier alpha value is -4.87. The van der Waals surface area contributed by atoms with Gasteiger partial charge in [-0.2, -0.15) is 0 Å². The van der Waals surface area contributed by atoms with E-state index in [9.17, 15) is 0 Å². The predicted molar refractivity (Wildman–Crippen MR) is 160 cm³/mol. The number of para-hydroxylation sites is 1. The van der Waals surface area contributed by atoms with Gasteiger partial charge in [-0.1, -0.05) is 66.7 Å². The third kappa shape index (κ3) is 2.56. The number of nitrogens with zero attached hydrogens (tertiary/aromatic N) is 4. The molecule has 0 amide bonds. The van der Waals surface area contributed by atoms with E-state index in [1.54, 1.807) is 0 Å². The van der Waals surface area contributed by atoms with Gasteiger partial charge in [0.2, 0.25) is 5.95 Å². The van der Waals surface area contributed by atoms with Crippen LogP contribution < -0.4 is 0 Å². The Bertz CT molecular complexity index is 2420. The number of aromatic nitrogens is 4. The van der Waals surface area contributed by atoms with E-state index in [0.29, 0.717) is 5.95 Å². The monoisotopic (exact) mass is 502 g/mol. The molecule has 0 saturated heterocycles. The van der Waals surface area contributed by atoms with Crippen LogP contribution in [0.25, 0.3) is 80.4 Å². The average Bonchev–Trinajstić information content (AvgIpc) is 3.53. The number of hydrogen-bond donors (Lipinski definition) is 0. The van der Waals surface area contributed by atoms with Gasteiger partial charge in [-0.3, -0.25) is 9.55 Å². The highest BCUT2D eigenvalue weighted by Gasteiger charge is 2.22. The second-order valence-corrected chi connectivity index (χ2v) is 10.7. The van der Waals surface area contributed by atoms with Crippen molar-refractivity contribution in [2.45, 2.75) is 0 Å². The van der Waals surface area contributed by atoms with E-state index in [4.69, 9.17) is 9.97 Å². The molecule has 38 heavy (non-hydrogen) atoms. The Morgan fingerprint density at radius 1 is 0.605 bits per heavy atom. The highest BCUT2D eigenvalue weighted by atomic mass is 32.1. The Balaban J connectivity index is 1.53. The zero-order chi connectivity index (χ0) is 24.8. The van der Waals surface area contributed by atoms with Crippen molar-refractivity contribution in [2.24, 2.45) is 0 Å². The molecule has 0 aliphatic heterocycles. The van der Waals surface area contributed by atoms with Crippen LogP contribution in [0.2, 0.25) is 0 Å². The lowest BCUT2D eigenvalue weighted by Gasteiger charge is -2.10. The van der Waals surface area contributed by atoms with Crippen LogP contribution in [0.5, 0.6) is 0 Å². The summed E-state index contributed by atoms with van der Waals surface area (Å²) in [7, 11) is 0. The van der Waals surface area contributed by atoms with E-state index in [1.807, 2.05) is 29.9 Å². The fraction of sp³-hybridized carbons (Fsp3) is 0. The molecule has 0 bridgehead atoms. The Kier molecular flexibility index (Phi) is 3.91. The normalized spacial score (nSPS) is 12.2. The summed E-state index contributed by atoms with van der Waals surface area (Å²) >= 11 is 1.84. The standard InChI is InChI=1S/C33H18N4S/c1-2-8-20-19(7-1)13-14-26-24(20)18-35-33(36-26)37-27-11-5-3-9-22(27)29-25-17-34-16-15-21(25)32-30(31(29)37)23-10-4-6-12-28(23)38-32/h1-18H. The van der Waals surface area contributed by atoms with Crippen molar-refractivity contribution in [3.8, 4) is 5.95 Å². The Morgan fingerprint density at radius 3 is 2.37 bits per heavy atom. The molecule has 9 aromatic rings. The molecule has 9 rings (SSSR count). The maximum Gasteiger partial charge on any atom is 0.235 e. The van der Waals surface area contributed by atoms with Crippen LogP contribution in [0.3, 0.4) is 0 Å². The van der Waals surface area contributed by atoms with Crippen molar-refractivity contribution in [3.05, 3.63) is 110 Å². The van der Waals surface area contributed by atoms with Gasteiger partial charge in [-0.15, -0.1) is 11.3 Å². The maximum absolute atomic E-state index is 5.16. The molecular weight excluding hydrogens is 484 g/mol. The second-order valence-electron chi connectivity index (χ2n) is 9.69. The van der Waals surface area contributed by atoms with Gasteiger partial charge < -0.3 is 0 Å². The highest BCUT2D eigenvalue weighted by Crippen LogP contribution is 2.47. The largest absolute Gasteiger partial charge is 0.277 e. The summed E-state index contributed by atoms with van der Waals surface area (Å²) < 4.78 is 4.80. The Morgan fingerprint density at radius 2 is 1.42 bits per heavy atom. The summed E-state index contributed by atoms with van der Waals surface area (Å²) in [5, 5.41) is 10.7. The molecule has 4 aromatic heterocycles. The molecular formula is C33H18N4S. The number of thiophene rings is 1. The van der Waals surface area contributed by atoms with Crippen molar-refractivity contribution in [1.82, 2.24) is 19.5 Å². The molecule has 0 spiro atoms. The molecule has 0 saturated carbocycles. The first-order valence-electron chi connectivity index (χ1n) is 12.6. The maximum atomic E-state index is 5.16. The van der Waals surface area contributed by atoms with Gasteiger partial charge in [0, 0.05) is 65.7 Å². The lowest BCUT2D eigenvalue weighted by atomic mass is 10.0. The van der Waals surface area contributed by atoms with E-state index in [0.717, 1.165) is 27.3 Å². The molecule has 0 radical (unpaired) electrons. The summed E-state index contributed by atoms with van der Waals surface area (Å²) in [6, 6.07) is 32.1. The van der Waals surface area contributed by atoms with Gasteiger partial charge in [-0.25, -0.2) is 9.97 Å². The SMILES string of the molecule is c1ccc2c(c1)ccc1nc(-n3c4ccccc4c4c5cnccc5c5sc6ccccc6c5c43)ncc12. The van der Waals surface area contributed by atoms with Gasteiger partial charge in [-0.05, 0) is 35.0 Å². The summed E-state index contributed by atoms with van der Waals surface area (Å²) in [5.41, 5.74) is 3.17. The molecule has 0 unspecified atom stereocenters.